The van der Waals surface area contributed by atoms with E-state index in [9.17, 15) is 21.9 Å². The number of aliphatic hydroxyl groups excluding tert-OH is 1. The molecule has 0 aliphatic carbocycles. The number of β-amino-alcohol motifs (C(OH)–C–C–N with tert-alkyl or cyclic N) is 1. The van der Waals surface area contributed by atoms with E-state index in [0.29, 0.717) is 44.2 Å². The number of rotatable bonds is 10. The van der Waals surface area contributed by atoms with Crippen molar-refractivity contribution >= 4 is 43.8 Å². The minimum atomic E-state index is -4.05. The third-order valence-corrected chi connectivity index (χ3v) is 9.14. The van der Waals surface area contributed by atoms with E-state index in [2.05, 4.69) is 0 Å². The Morgan fingerprint density at radius 1 is 1.29 bits per heavy atom. The highest BCUT2D eigenvalue weighted by Crippen LogP contribution is 2.39. The van der Waals surface area contributed by atoms with Gasteiger partial charge in [0.2, 0.25) is 10.0 Å². The second kappa shape index (κ2) is 10.6. The average Bonchev–Trinajstić information content (AvgIpc) is 3.06. The Balaban J connectivity index is 0.00000392. The van der Waals surface area contributed by atoms with E-state index in [1.54, 1.807) is 14.2 Å². The molecule has 1 atom stereocenters. The fourth-order valence-electron chi connectivity index (χ4n) is 2.69. The van der Waals surface area contributed by atoms with Gasteiger partial charge >= 0.3 is 0 Å². The molecule has 1 unspecified atom stereocenters. The molecule has 0 radical (unpaired) electrons. The summed E-state index contributed by atoms with van der Waals surface area (Å²) in [4.78, 5) is 1.99. The second-order valence-electron chi connectivity index (χ2n) is 6.06. The van der Waals surface area contributed by atoms with E-state index in [0.717, 1.165) is 10.4 Å². The molecule has 1 aliphatic rings. The van der Waals surface area contributed by atoms with Crippen molar-refractivity contribution in [2.45, 2.75) is 14.5 Å². The first-order valence-electron chi connectivity index (χ1n) is 8.16. The van der Waals surface area contributed by atoms with Crippen LogP contribution in [0, 0.1) is 0 Å². The second-order valence-corrected chi connectivity index (χ2v) is 11.0. The zero-order chi connectivity index (χ0) is 20.2. The smallest absolute Gasteiger partial charge is 0.253 e. The highest BCUT2D eigenvalue weighted by atomic mass is 35.5. The van der Waals surface area contributed by atoms with Crippen molar-refractivity contribution in [2.24, 2.45) is 5.14 Å². The summed E-state index contributed by atoms with van der Waals surface area (Å²) in [5, 5.41) is 15.4. The third kappa shape index (κ3) is 6.08. The molecular weight excluding hydrogens is 454 g/mol. The number of thiophene rings is 1. The number of primary sulfonamides is 1. The molecule has 164 valence electrons. The molecule has 0 saturated carbocycles. The largest absolute Gasteiger partial charge is 0.387 e. The van der Waals surface area contributed by atoms with Crippen LogP contribution in [0.5, 0.6) is 0 Å². The molecule has 1 aromatic rings. The molecule has 1 aliphatic heterocycles. The van der Waals surface area contributed by atoms with Gasteiger partial charge in [-0.2, -0.15) is 4.31 Å². The van der Waals surface area contributed by atoms with Gasteiger partial charge in [-0.05, 0) is 6.07 Å². The normalized spacial score (nSPS) is 19.4. The van der Waals surface area contributed by atoms with E-state index in [1.807, 2.05) is 4.90 Å². The first kappa shape index (κ1) is 25.7. The number of nitrogens with zero attached hydrogens (tertiary/aromatic N) is 2. The van der Waals surface area contributed by atoms with Crippen molar-refractivity contribution in [2.75, 3.05) is 60.2 Å². The Hall–Kier alpha value is -0.350. The molecule has 10 nitrogen and oxygen atoms in total. The quantitative estimate of drug-likeness (QED) is 0.455. The summed E-state index contributed by atoms with van der Waals surface area (Å²) < 4.78 is 59.6. The topological polar surface area (TPSA) is 139 Å². The molecule has 2 heterocycles. The number of sulfonamides is 2. The Morgan fingerprint density at radius 3 is 2.36 bits per heavy atom. The Bertz CT molecular complexity index is 836. The van der Waals surface area contributed by atoms with Gasteiger partial charge in [0.1, 0.15) is 8.42 Å². The summed E-state index contributed by atoms with van der Waals surface area (Å²) in [5.74, 6) is 0. The van der Waals surface area contributed by atoms with Gasteiger partial charge in [-0.3, -0.25) is 4.90 Å². The molecule has 0 aromatic carbocycles. The number of hydrogen-bond donors (Lipinski definition) is 2. The average molecular weight is 480 g/mol. The summed E-state index contributed by atoms with van der Waals surface area (Å²) in [7, 11) is -4.79. The molecule has 3 N–H and O–H groups in total. The number of fused-ring (bicyclic) bond motifs is 1. The summed E-state index contributed by atoms with van der Waals surface area (Å²) in [6.07, 6.45) is -1.11. The van der Waals surface area contributed by atoms with Gasteiger partial charge in [-0.25, -0.2) is 22.0 Å². The summed E-state index contributed by atoms with van der Waals surface area (Å²) in [6, 6.07) is 1.14. The van der Waals surface area contributed by atoms with Gasteiger partial charge in [0.25, 0.3) is 10.0 Å². The lowest BCUT2D eigenvalue weighted by Crippen LogP contribution is -2.44. The van der Waals surface area contributed by atoms with Crippen LogP contribution in [0.3, 0.4) is 0 Å². The lowest BCUT2D eigenvalue weighted by atomic mass is 10.2. The molecule has 14 heteroatoms. The van der Waals surface area contributed by atoms with E-state index in [1.165, 1.54) is 0 Å². The lowest BCUT2D eigenvalue weighted by Gasteiger charge is -2.31. The van der Waals surface area contributed by atoms with Crippen LogP contribution in [0.4, 0.5) is 0 Å². The summed E-state index contributed by atoms with van der Waals surface area (Å²) >= 11 is 0.563. The third-order valence-electron chi connectivity index (χ3n) is 4.18. The van der Waals surface area contributed by atoms with Crippen LogP contribution in [0.25, 0.3) is 0 Å². The van der Waals surface area contributed by atoms with E-state index < -0.39 is 26.2 Å². The highest BCUT2D eigenvalue weighted by molar-refractivity contribution is 7.94. The van der Waals surface area contributed by atoms with Crippen molar-refractivity contribution in [3.63, 3.8) is 0 Å². The maximum Gasteiger partial charge on any atom is 0.253 e. The Kier molecular flexibility index (Phi) is 9.73. The fourth-order valence-corrected chi connectivity index (χ4v) is 6.93. The monoisotopic (exact) mass is 479 g/mol. The first-order chi connectivity index (χ1) is 12.6. The number of ether oxygens (including phenoxy) is 2. The van der Waals surface area contributed by atoms with E-state index in [4.69, 9.17) is 14.6 Å². The molecule has 28 heavy (non-hydrogen) atoms. The minimum absolute atomic E-state index is 0. The predicted octanol–water partition coefficient (Wildman–Crippen LogP) is -0.550. The number of halogens is 1. The van der Waals surface area contributed by atoms with Crippen LogP contribution >= 0.6 is 23.7 Å². The lowest BCUT2D eigenvalue weighted by molar-refractivity contribution is 0.102. The summed E-state index contributed by atoms with van der Waals surface area (Å²) in [5.41, 5.74) is 0.0795. The Morgan fingerprint density at radius 2 is 1.86 bits per heavy atom. The molecule has 1 aromatic heterocycles. The van der Waals surface area contributed by atoms with Crippen LogP contribution in [0.15, 0.2) is 14.5 Å². The number of aliphatic hydroxyl groups is 1. The van der Waals surface area contributed by atoms with Crippen molar-refractivity contribution in [1.82, 2.24) is 9.21 Å². The van der Waals surface area contributed by atoms with Crippen molar-refractivity contribution in [3.05, 3.63) is 11.6 Å². The zero-order valence-corrected chi connectivity index (χ0v) is 18.9. The van der Waals surface area contributed by atoms with Crippen LogP contribution < -0.4 is 5.14 Å². The van der Waals surface area contributed by atoms with Gasteiger partial charge in [0, 0.05) is 52.5 Å². The van der Waals surface area contributed by atoms with Gasteiger partial charge in [-0.15, -0.1) is 23.7 Å². The first-order valence-corrected chi connectivity index (χ1v) is 12.0. The predicted molar refractivity (Wildman–Crippen MR) is 107 cm³/mol. The molecular formula is C14H26ClN3O7S3. The van der Waals surface area contributed by atoms with Gasteiger partial charge in [-0.1, -0.05) is 0 Å². The van der Waals surface area contributed by atoms with Crippen molar-refractivity contribution in [3.8, 4) is 0 Å². The minimum Gasteiger partial charge on any atom is -0.387 e. The molecule has 0 amide bonds. The van der Waals surface area contributed by atoms with Gasteiger partial charge < -0.3 is 14.6 Å². The zero-order valence-electron chi connectivity index (χ0n) is 15.6. The standard InChI is InChI=1S/C14H25N3O7S3.ClH/c1-23-7-5-16(6-8-24-2)3-4-17-10-12(18)11-9-13(26(15,19)20)25-14(11)27(17,21)22;/h9,12,18H,3-8,10H2,1-2H3,(H2,15,19,20);1H. The SMILES string of the molecule is COCCN(CCOC)CCN1CC(O)c2cc(S(N)(=O)=O)sc2S1(=O)=O.Cl. The molecule has 0 spiro atoms. The summed E-state index contributed by atoms with van der Waals surface area (Å²) in [6.45, 7) is 2.62. The number of nitrogens with two attached hydrogens (primary N) is 1. The maximum absolute atomic E-state index is 12.9. The molecule has 0 bridgehead atoms. The Labute approximate surface area is 175 Å². The van der Waals surface area contributed by atoms with Gasteiger partial charge in [0.15, 0.2) is 0 Å². The number of hydrogen-bond acceptors (Lipinski definition) is 9. The van der Waals surface area contributed by atoms with Crippen LogP contribution in [-0.4, -0.2) is 91.3 Å². The van der Waals surface area contributed by atoms with Crippen LogP contribution in [0.1, 0.15) is 11.7 Å². The molecule has 2 rings (SSSR count). The fraction of sp³-hybridized carbons (Fsp3) is 0.714. The van der Waals surface area contributed by atoms with Crippen LogP contribution in [-0.2, 0) is 29.5 Å². The highest BCUT2D eigenvalue weighted by Gasteiger charge is 2.39. The van der Waals surface area contributed by atoms with Crippen LogP contribution in [0.2, 0.25) is 0 Å². The molecule has 0 fully saturated rings. The van der Waals surface area contributed by atoms with Crippen molar-refractivity contribution in [1.29, 1.82) is 0 Å². The van der Waals surface area contributed by atoms with Crippen molar-refractivity contribution < 1.29 is 31.4 Å². The van der Waals surface area contributed by atoms with Gasteiger partial charge in [0.05, 0.1) is 19.3 Å². The van der Waals surface area contributed by atoms with E-state index >= 15 is 0 Å². The number of methoxy groups -OCH3 is 2. The molecule has 0 saturated heterocycles. The van der Waals surface area contributed by atoms with E-state index in [-0.39, 0.29) is 39.5 Å². The maximum atomic E-state index is 12.9.